The van der Waals surface area contributed by atoms with E-state index in [1.807, 2.05) is 0 Å². The van der Waals surface area contributed by atoms with E-state index in [2.05, 4.69) is 10.5 Å². The van der Waals surface area contributed by atoms with Crippen LogP contribution >= 0.6 is 23.2 Å². The molecule has 0 saturated heterocycles. The molecule has 2 aromatic rings. The topological polar surface area (TPSA) is 59.9 Å². The monoisotopic (exact) mass is 352 g/mol. The van der Waals surface area contributed by atoms with Crippen molar-refractivity contribution >= 4 is 35.3 Å². The van der Waals surface area contributed by atoms with Crippen LogP contribution in [0, 0.1) is 0 Å². The summed E-state index contributed by atoms with van der Waals surface area (Å²) in [6, 6.07) is 9.84. The van der Waals surface area contributed by atoms with Gasteiger partial charge in [0.1, 0.15) is 0 Å². The minimum absolute atomic E-state index is 0.343. The molecule has 0 spiro atoms. The number of ether oxygens (including phenoxy) is 2. The number of hydrazone groups is 1. The summed E-state index contributed by atoms with van der Waals surface area (Å²) in [5.74, 6) is 0.575. The van der Waals surface area contributed by atoms with Crippen molar-refractivity contribution in [3.8, 4) is 11.5 Å². The van der Waals surface area contributed by atoms with Crippen LogP contribution in [-0.4, -0.2) is 26.3 Å². The van der Waals surface area contributed by atoms with Crippen LogP contribution in [-0.2, 0) is 0 Å². The number of rotatable bonds is 5. The molecule has 0 saturated carbocycles. The Morgan fingerprint density at radius 2 is 1.83 bits per heavy atom. The maximum absolute atomic E-state index is 11.9. The van der Waals surface area contributed by atoms with Crippen molar-refractivity contribution < 1.29 is 14.3 Å². The molecule has 2 rings (SSSR count). The normalized spacial score (nSPS) is 10.6. The van der Waals surface area contributed by atoms with Gasteiger partial charge in [0, 0.05) is 10.6 Å². The maximum Gasteiger partial charge on any atom is 0.271 e. The number of hydrogen-bond donors (Lipinski definition) is 1. The predicted octanol–water partition coefficient (Wildman–Crippen LogP) is 3.77. The first-order valence-corrected chi connectivity index (χ1v) is 7.31. The quantitative estimate of drug-likeness (QED) is 0.658. The van der Waals surface area contributed by atoms with Crippen molar-refractivity contribution in [2.24, 2.45) is 5.10 Å². The van der Waals surface area contributed by atoms with Crippen LogP contribution in [0.15, 0.2) is 41.5 Å². The minimum atomic E-state index is -0.343. The molecule has 0 unspecified atom stereocenters. The second kappa shape index (κ2) is 7.85. The highest BCUT2D eigenvalue weighted by molar-refractivity contribution is 6.32. The standard InChI is InChI=1S/C16H14Cl2N2O3/c1-22-14-8-10(7-13(18)15(14)23-2)9-19-20-16(21)11-3-5-12(17)6-4-11/h3-9H,1-2H3,(H,20,21)/b19-9-. The number of amides is 1. The molecule has 1 N–H and O–H groups in total. The van der Waals surface area contributed by atoms with Crippen LogP contribution < -0.4 is 14.9 Å². The number of nitrogens with one attached hydrogen (secondary N) is 1. The van der Waals surface area contributed by atoms with Crippen molar-refractivity contribution in [3.63, 3.8) is 0 Å². The summed E-state index contributed by atoms with van der Waals surface area (Å²) >= 11 is 11.9. The van der Waals surface area contributed by atoms with Gasteiger partial charge < -0.3 is 9.47 Å². The molecule has 2 aromatic carbocycles. The van der Waals surface area contributed by atoms with Crippen molar-refractivity contribution in [3.05, 3.63) is 57.6 Å². The molecule has 0 aromatic heterocycles. The molecule has 23 heavy (non-hydrogen) atoms. The Hall–Kier alpha value is -2.24. The van der Waals surface area contributed by atoms with E-state index in [1.54, 1.807) is 36.4 Å². The van der Waals surface area contributed by atoms with Crippen LogP contribution in [0.25, 0.3) is 0 Å². The third kappa shape index (κ3) is 4.37. The van der Waals surface area contributed by atoms with Crippen molar-refractivity contribution in [1.82, 2.24) is 5.43 Å². The second-order valence-electron chi connectivity index (χ2n) is 4.44. The van der Waals surface area contributed by atoms with Gasteiger partial charge in [-0.3, -0.25) is 4.79 Å². The summed E-state index contributed by atoms with van der Waals surface area (Å²) < 4.78 is 10.3. The van der Waals surface area contributed by atoms with E-state index in [-0.39, 0.29) is 5.91 Å². The van der Waals surface area contributed by atoms with E-state index in [0.29, 0.717) is 32.7 Å². The number of nitrogens with zero attached hydrogens (tertiary/aromatic N) is 1. The third-order valence-electron chi connectivity index (χ3n) is 2.94. The van der Waals surface area contributed by atoms with Crippen molar-refractivity contribution in [2.45, 2.75) is 0 Å². The lowest BCUT2D eigenvalue weighted by Gasteiger charge is -2.09. The Balaban J connectivity index is 2.10. The first-order valence-electron chi connectivity index (χ1n) is 6.55. The van der Waals surface area contributed by atoms with Gasteiger partial charge in [-0.25, -0.2) is 5.43 Å². The highest BCUT2D eigenvalue weighted by atomic mass is 35.5. The van der Waals surface area contributed by atoms with Crippen LogP contribution in [0.1, 0.15) is 15.9 Å². The van der Waals surface area contributed by atoms with Crippen LogP contribution in [0.3, 0.4) is 0 Å². The van der Waals surface area contributed by atoms with Crippen molar-refractivity contribution in [1.29, 1.82) is 0 Å². The van der Waals surface area contributed by atoms with Gasteiger partial charge in [-0.15, -0.1) is 0 Å². The highest BCUT2D eigenvalue weighted by Crippen LogP contribution is 2.35. The summed E-state index contributed by atoms with van der Waals surface area (Å²) in [7, 11) is 3.02. The van der Waals surface area contributed by atoms with Crippen LogP contribution in [0.2, 0.25) is 10.0 Å². The average Bonchev–Trinajstić information content (AvgIpc) is 2.54. The summed E-state index contributed by atoms with van der Waals surface area (Å²) in [6.07, 6.45) is 1.46. The predicted molar refractivity (Wildman–Crippen MR) is 91.1 cm³/mol. The number of methoxy groups -OCH3 is 2. The number of carbonyl (C=O) groups is 1. The van der Waals surface area contributed by atoms with Gasteiger partial charge >= 0.3 is 0 Å². The van der Waals surface area contributed by atoms with Gasteiger partial charge in [0.05, 0.1) is 25.5 Å². The Bertz CT molecular complexity index is 731. The molecule has 0 heterocycles. The van der Waals surface area contributed by atoms with Crippen LogP contribution in [0.5, 0.6) is 11.5 Å². The Kier molecular flexibility index (Phi) is 5.84. The lowest BCUT2D eigenvalue weighted by molar-refractivity contribution is 0.0955. The van der Waals surface area contributed by atoms with Gasteiger partial charge in [-0.1, -0.05) is 23.2 Å². The zero-order chi connectivity index (χ0) is 16.8. The molecule has 0 fully saturated rings. The summed E-state index contributed by atoms with van der Waals surface area (Å²) in [5, 5.41) is 4.85. The number of halogens is 2. The van der Waals surface area contributed by atoms with E-state index >= 15 is 0 Å². The van der Waals surface area contributed by atoms with Crippen LogP contribution in [0.4, 0.5) is 0 Å². The van der Waals surface area contributed by atoms with Gasteiger partial charge in [0.15, 0.2) is 11.5 Å². The lowest BCUT2D eigenvalue weighted by atomic mass is 10.2. The van der Waals surface area contributed by atoms with E-state index in [0.717, 1.165) is 0 Å². The maximum atomic E-state index is 11.9. The second-order valence-corrected chi connectivity index (χ2v) is 5.29. The molecule has 0 aliphatic heterocycles. The largest absolute Gasteiger partial charge is 0.493 e. The molecule has 7 heteroatoms. The first-order chi connectivity index (χ1) is 11.0. The fraction of sp³-hybridized carbons (Fsp3) is 0.125. The van der Waals surface area contributed by atoms with Gasteiger partial charge in [0.25, 0.3) is 5.91 Å². The first kappa shape index (κ1) is 17.1. The molecular weight excluding hydrogens is 339 g/mol. The molecule has 0 aliphatic carbocycles. The van der Waals surface area contributed by atoms with E-state index in [4.69, 9.17) is 32.7 Å². The number of carbonyl (C=O) groups excluding carboxylic acids is 1. The molecule has 1 amide bonds. The number of hydrogen-bond acceptors (Lipinski definition) is 4. The fourth-order valence-electron chi connectivity index (χ4n) is 1.84. The van der Waals surface area contributed by atoms with Gasteiger partial charge in [0.2, 0.25) is 0 Å². The highest BCUT2D eigenvalue weighted by Gasteiger charge is 2.10. The molecule has 0 radical (unpaired) electrons. The summed E-state index contributed by atoms with van der Waals surface area (Å²) in [4.78, 5) is 11.9. The van der Waals surface area contributed by atoms with E-state index in [1.165, 1.54) is 20.4 Å². The van der Waals surface area contributed by atoms with Gasteiger partial charge in [-0.2, -0.15) is 5.10 Å². The Morgan fingerprint density at radius 1 is 1.13 bits per heavy atom. The zero-order valence-corrected chi connectivity index (χ0v) is 14.0. The summed E-state index contributed by atoms with van der Waals surface area (Å²) in [5.41, 5.74) is 3.54. The molecule has 5 nitrogen and oxygen atoms in total. The SMILES string of the molecule is COc1cc(/C=N\NC(=O)c2ccc(Cl)cc2)cc(Cl)c1OC. The number of benzene rings is 2. The smallest absolute Gasteiger partial charge is 0.271 e. The Labute approximate surface area is 143 Å². The molecule has 0 atom stereocenters. The lowest BCUT2D eigenvalue weighted by Crippen LogP contribution is -2.17. The zero-order valence-electron chi connectivity index (χ0n) is 12.5. The third-order valence-corrected chi connectivity index (χ3v) is 3.47. The molecule has 0 aliphatic rings. The average molecular weight is 353 g/mol. The molecule has 0 bridgehead atoms. The summed E-state index contributed by atoms with van der Waals surface area (Å²) in [6.45, 7) is 0. The molecule has 120 valence electrons. The minimum Gasteiger partial charge on any atom is -0.493 e. The fourth-order valence-corrected chi connectivity index (χ4v) is 2.27. The van der Waals surface area contributed by atoms with E-state index < -0.39 is 0 Å². The Morgan fingerprint density at radius 3 is 2.43 bits per heavy atom. The molecular formula is C16H14Cl2N2O3. The van der Waals surface area contributed by atoms with E-state index in [9.17, 15) is 4.79 Å². The van der Waals surface area contributed by atoms with Gasteiger partial charge in [-0.05, 0) is 42.0 Å². The van der Waals surface area contributed by atoms with Crippen molar-refractivity contribution in [2.75, 3.05) is 14.2 Å².